The van der Waals surface area contributed by atoms with Crippen molar-refractivity contribution >= 4 is 8.45 Å². The molecule has 4 nitrogen and oxygen atoms in total. The maximum atomic E-state index is 8.75. The van der Waals surface area contributed by atoms with Gasteiger partial charge in [-0.1, -0.05) is 6.92 Å². The zero-order chi connectivity index (χ0) is 15.3. The van der Waals surface area contributed by atoms with Crippen LogP contribution in [0.2, 0.25) is 0 Å². The third kappa shape index (κ3) is 4.15. The number of hydrogen-bond acceptors (Lipinski definition) is 4. The highest BCUT2D eigenvalue weighted by Crippen LogP contribution is 2.55. The molecule has 3 unspecified atom stereocenters. The summed E-state index contributed by atoms with van der Waals surface area (Å²) in [5, 5.41) is 8.75. The molecule has 1 fully saturated rings. The fourth-order valence-electron chi connectivity index (χ4n) is 3.02. The molecule has 5 heteroatoms. The summed E-state index contributed by atoms with van der Waals surface area (Å²) in [6.07, 6.45) is 2.84. The van der Waals surface area contributed by atoms with Gasteiger partial charge in [-0.25, -0.2) is 9.34 Å². The average molecular weight is 299 g/mol. The van der Waals surface area contributed by atoms with E-state index in [0.717, 1.165) is 6.42 Å². The molecule has 3 atom stereocenters. The van der Waals surface area contributed by atoms with E-state index in [-0.39, 0.29) is 0 Å². The van der Waals surface area contributed by atoms with E-state index in [1.54, 1.807) is 0 Å². The quantitative estimate of drug-likeness (QED) is 0.546. The van der Waals surface area contributed by atoms with Crippen LogP contribution in [0.25, 0.3) is 0 Å². The average Bonchev–Trinajstić information content (AvgIpc) is 2.37. The molecule has 1 aliphatic rings. The van der Waals surface area contributed by atoms with Crippen LogP contribution in [0.4, 0.5) is 0 Å². The SMILES string of the molecule is CCC1CC(C)N(C(C)C)P(OCCC#N)N1C(C)C. The van der Waals surface area contributed by atoms with Gasteiger partial charge in [0.2, 0.25) is 0 Å². The maximum Gasteiger partial charge on any atom is 0.189 e. The van der Waals surface area contributed by atoms with E-state index in [9.17, 15) is 0 Å². The van der Waals surface area contributed by atoms with Crippen molar-refractivity contribution in [2.45, 2.75) is 85.0 Å². The zero-order valence-electron chi connectivity index (χ0n) is 13.8. The fourth-order valence-corrected chi connectivity index (χ4v) is 5.54. The van der Waals surface area contributed by atoms with Crippen molar-refractivity contribution in [1.29, 1.82) is 5.26 Å². The third-order valence-corrected chi connectivity index (χ3v) is 6.63. The summed E-state index contributed by atoms with van der Waals surface area (Å²) in [4.78, 5) is 0. The predicted molar refractivity (Wildman–Crippen MR) is 85.2 cm³/mol. The van der Waals surface area contributed by atoms with Crippen molar-refractivity contribution < 1.29 is 4.52 Å². The third-order valence-electron chi connectivity index (χ3n) is 3.78. The lowest BCUT2D eigenvalue weighted by molar-refractivity contribution is 0.112. The molecule has 0 N–H and O–H groups in total. The topological polar surface area (TPSA) is 39.5 Å². The van der Waals surface area contributed by atoms with Crippen molar-refractivity contribution in [3.05, 3.63) is 0 Å². The minimum atomic E-state index is -0.758. The van der Waals surface area contributed by atoms with Crippen LogP contribution in [0.5, 0.6) is 0 Å². The molecule has 0 bridgehead atoms. The first-order chi connectivity index (χ1) is 9.43. The van der Waals surface area contributed by atoms with E-state index < -0.39 is 8.45 Å². The van der Waals surface area contributed by atoms with E-state index in [2.05, 4.69) is 57.0 Å². The number of nitriles is 1. The number of nitrogens with zero attached hydrogens (tertiary/aromatic N) is 3. The largest absolute Gasteiger partial charge is 0.330 e. The van der Waals surface area contributed by atoms with E-state index in [1.165, 1.54) is 6.42 Å². The van der Waals surface area contributed by atoms with E-state index >= 15 is 0 Å². The van der Waals surface area contributed by atoms with Crippen LogP contribution in [0.1, 0.15) is 60.8 Å². The second kappa shape index (κ2) is 8.29. The van der Waals surface area contributed by atoms with Crippen LogP contribution in [-0.2, 0) is 4.52 Å². The van der Waals surface area contributed by atoms with Gasteiger partial charge in [-0.15, -0.1) is 0 Å². The Morgan fingerprint density at radius 1 is 1.25 bits per heavy atom. The smallest absolute Gasteiger partial charge is 0.189 e. The molecule has 0 radical (unpaired) electrons. The molecule has 20 heavy (non-hydrogen) atoms. The molecule has 1 saturated heterocycles. The summed E-state index contributed by atoms with van der Waals surface area (Å²) < 4.78 is 11.2. The molecule has 0 spiro atoms. The summed E-state index contributed by atoms with van der Waals surface area (Å²) in [5.74, 6) is 0. The molecule has 1 heterocycles. The van der Waals surface area contributed by atoms with Crippen molar-refractivity contribution in [1.82, 2.24) is 9.34 Å². The fraction of sp³-hybridized carbons (Fsp3) is 0.933. The van der Waals surface area contributed by atoms with Crippen LogP contribution in [0.3, 0.4) is 0 Å². The first kappa shape index (κ1) is 17.9. The molecule has 1 aliphatic heterocycles. The molecule has 0 saturated carbocycles. The summed E-state index contributed by atoms with van der Waals surface area (Å²) >= 11 is 0. The molecular formula is C15H30N3OP. The van der Waals surface area contributed by atoms with Gasteiger partial charge in [0.05, 0.1) is 19.1 Å². The minimum absolute atomic E-state index is 0.470. The number of rotatable bonds is 6. The van der Waals surface area contributed by atoms with Gasteiger partial charge in [-0.3, -0.25) is 0 Å². The van der Waals surface area contributed by atoms with Gasteiger partial charge in [-0.2, -0.15) is 5.26 Å². The van der Waals surface area contributed by atoms with Gasteiger partial charge < -0.3 is 4.52 Å². The Hall–Kier alpha value is -0.200. The predicted octanol–water partition coefficient (Wildman–Crippen LogP) is 4.14. The molecule has 116 valence electrons. The van der Waals surface area contributed by atoms with Crippen LogP contribution >= 0.6 is 8.45 Å². The Kier molecular flexibility index (Phi) is 7.40. The Bertz CT molecular complexity index is 330. The first-order valence-corrected chi connectivity index (χ1v) is 8.96. The minimum Gasteiger partial charge on any atom is -0.330 e. The molecular weight excluding hydrogens is 269 g/mol. The van der Waals surface area contributed by atoms with E-state index in [4.69, 9.17) is 9.79 Å². The van der Waals surface area contributed by atoms with Crippen LogP contribution in [0, 0.1) is 11.3 Å². The monoisotopic (exact) mass is 299 g/mol. The Balaban J connectivity index is 2.96. The highest BCUT2D eigenvalue weighted by molar-refractivity contribution is 7.47. The van der Waals surface area contributed by atoms with Gasteiger partial charge in [-0.05, 0) is 47.5 Å². The van der Waals surface area contributed by atoms with E-state index in [1.807, 2.05) is 0 Å². The summed E-state index contributed by atoms with van der Waals surface area (Å²) in [6.45, 7) is 14.1. The van der Waals surface area contributed by atoms with Crippen molar-refractivity contribution in [3.8, 4) is 6.07 Å². The summed E-state index contributed by atoms with van der Waals surface area (Å²) in [5.41, 5.74) is 0. The second-order valence-electron chi connectivity index (χ2n) is 6.09. The maximum absolute atomic E-state index is 8.75. The molecule has 0 aromatic heterocycles. The first-order valence-electron chi connectivity index (χ1n) is 7.80. The lowest BCUT2D eigenvalue weighted by Crippen LogP contribution is -2.52. The normalized spacial score (nSPS) is 29.1. The van der Waals surface area contributed by atoms with Crippen molar-refractivity contribution in [3.63, 3.8) is 0 Å². The summed E-state index contributed by atoms with van der Waals surface area (Å²) in [6, 6.07) is 4.26. The standard InChI is InChI=1S/C15H30N3OP/c1-7-15-11-14(6)17(12(2)3)20(18(15)13(4)5)19-10-8-9-16/h12-15H,7-8,10-11H2,1-6H3. The second-order valence-corrected chi connectivity index (χ2v) is 7.78. The highest BCUT2D eigenvalue weighted by atomic mass is 31.2. The Morgan fingerprint density at radius 2 is 1.85 bits per heavy atom. The van der Waals surface area contributed by atoms with Crippen molar-refractivity contribution in [2.75, 3.05) is 6.61 Å². The van der Waals surface area contributed by atoms with Gasteiger partial charge >= 0.3 is 0 Å². The summed E-state index contributed by atoms with van der Waals surface area (Å²) in [7, 11) is -0.758. The van der Waals surface area contributed by atoms with Crippen LogP contribution in [0.15, 0.2) is 0 Å². The van der Waals surface area contributed by atoms with Gasteiger partial charge in [0.15, 0.2) is 8.45 Å². The van der Waals surface area contributed by atoms with Crippen LogP contribution < -0.4 is 0 Å². The molecule has 0 aromatic carbocycles. The lowest BCUT2D eigenvalue weighted by atomic mass is 10.0. The Morgan fingerprint density at radius 3 is 2.30 bits per heavy atom. The van der Waals surface area contributed by atoms with Gasteiger partial charge in [0.1, 0.15) is 0 Å². The molecule has 0 aliphatic carbocycles. The molecule has 0 amide bonds. The zero-order valence-corrected chi connectivity index (χ0v) is 14.7. The Labute approximate surface area is 126 Å². The molecule has 0 aromatic rings. The van der Waals surface area contributed by atoms with Crippen LogP contribution in [-0.4, -0.2) is 40.1 Å². The lowest BCUT2D eigenvalue weighted by Gasteiger charge is -2.52. The molecule has 1 rings (SSSR count). The van der Waals surface area contributed by atoms with Gasteiger partial charge in [0.25, 0.3) is 0 Å². The number of hydrogen-bond donors (Lipinski definition) is 0. The van der Waals surface area contributed by atoms with Gasteiger partial charge in [0, 0.05) is 24.2 Å². The highest BCUT2D eigenvalue weighted by Gasteiger charge is 2.42. The van der Waals surface area contributed by atoms with E-state index in [0.29, 0.717) is 37.2 Å². The van der Waals surface area contributed by atoms with Crippen molar-refractivity contribution in [2.24, 2.45) is 0 Å².